The Morgan fingerprint density at radius 3 is 2.03 bits per heavy atom. The predicted molar refractivity (Wildman–Crippen MR) is 143 cm³/mol. The Morgan fingerprint density at radius 1 is 0.639 bits per heavy atom. The van der Waals surface area contributed by atoms with Crippen molar-refractivity contribution in [2.75, 3.05) is 0 Å². The molecular formula is C33H26O3. The first-order valence-corrected chi connectivity index (χ1v) is 12.4. The van der Waals surface area contributed by atoms with Gasteiger partial charge in [-0.25, -0.2) is 0 Å². The van der Waals surface area contributed by atoms with Crippen molar-refractivity contribution < 1.29 is 14.3 Å². The van der Waals surface area contributed by atoms with E-state index in [1.807, 2.05) is 91.0 Å². The maximum atomic E-state index is 14.0. The molecule has 5 aromatic rings. The lowest BCUT2D eigenvalue weighted by Crippen LogP contribution is -2.09. The van der Waals surface area contributed by atoms with Gasteiger partial charge in [-0.05, 0) is 44.5 Å². The monoisotopic (exact) mass is 470 g/mol. The second-order valence-electron chi connectivity index (χ2n) is 9.53. The number of hydrogen-bond acceptors (Lipinski definition) is 3. The average molecular weight is 471 g/mol. The van der Waals surface area contributed by atoms with Gasteiger partial charge in [0.1, 0.15) is 6.61 Å². The molecule has 5 aromatic carbocycles. The number of carbonyl (C=O) groups is 2. The van der Waals surface area contributed by atoms with Crippen LogP contribution in [0.25, 0.3) is 21.5 Å². The molecule has 3 nitrogen and oxygen atoms in total. The van der Waals surface area contributed by atoms with Crippen LogP contribution in [0.4, 0.5) is 0 Å². The van der Waals surface area contributed by atoms with Gasteiger partial charge in [-0.1, -0.05) is 115 Å². The molecule has 0 aromatic heterocycles. The lowest BCUT2D eigenvalue weighted by Gasteiger charge is -2.08. The average Bonchev–Trinajstić information content (AvgIpc) is 3.64. The molecule has 0 N–H and O–H groups in total. The van der Waals surface area contributed by atoms with E-state index >= 15 is 0 Å². The summed E-state index contributed by atoms with van der Waals surface area (Å²) >= 11 is 0. The molecule has 0 amide bonds. The van der Waals surface area contributed by atoms with Crippen molar-refractivity contribution in [1.29, 1.82) is 0 Å². The van der Waals surface area contributed by atoms with Crippen molar-refractivity contribution in [3.63, 3.8) is 0 Å². The van der Waals surface area contributed by atoms with Gasteiger partial charge in [0, 0.05) is 17.9 Å². The Balaban J connectivity index is 1.32. The number of ether oxygens (including phenoxy) is 1. The Morgan fingerprint density at radius 2 is 1.25 bits per heavy atom. The minimum absolute atomic E-state index is 0.0214. The van der Waals surface area contributed by atoms with Gasteiger partial charge in [-0.3, -0.25) is 9.59 Å². The quantitative estimate of drug-likeness (QED) is 0.185. The predicted octanol–water partition coefficient (Wildman–Crippen LogP) is 7.34. The van der Waals surface area contributed by atoms with Crippen molar-refractivity contribution in [1.82, 2.24) is 0 Å². The summed E-state index contributed by atoms with van der Waals surface area (Å²) in [5, 5.41) is 4.29. The van der Waals surface area contributed by atoms with Crippen LogP contribution >= 0.6 is 0 Å². The van der Waals surface area contributed by atoms with Crippen molar-refractivity contribution in [3.05, 3.63) is 132 Å². The molecule has 0 radical (unpaired) electrons. The second kappa shape index (κ2) is 9.43. The standard InChI is InChI=1S/C33H26O3/c34-30(36-21-22-10-2-1-3-11-22)20-29-31(27-18-8-14-23-12-4-6-16-25(23)27)32(29)33(35)28-19-9-15-24-13-5-7-17-26(24)28/h1-19,29,31-32H,20-21H2/t29-,31+,32+/m0/s1. The number of rotatable bonds is 7. The largest absolute Gasteiger partial charge is 0.461 e. The van der Waals surface area contributed by atoms with Crippen molar-refractivity contribution in [3.8, 4) is 0 Å². The summed E-state index contributed by atoms with van der Waals surface area (Å²) in [7, 11) is 0. The molecule has 36 heavy (non-hydrogen) atoms. The fourth-order valence-electron chi connectivity index (χ4n) is 5.56. The lowest BCUT2D eigenvalue weighted by atomic mass is 9.95. The topological polar surface area (TPSA) is 43.4 Å². The van der Waals surface area contributed by atoms with Crippen LogP contribution in [0.15, 0.2) is 115 Å². The zero-order chi connectivity index (χ0) is 24.5. The smallest absolute Gasteiger partial charge is 0.306 e. The van der Waals surface area contributed by atoms with E-state index in [0.29, 0.717) is 0 Å². The first-order valence-electron chi connectivity index (χ1n) is 12.4. The highest BCUT2D eigenvalue weighted by Gasteiger charge is 2.56. The second-order valence-corrected chi connectivity index (χ2v) is 9.53. The van der Waals surface area contributed by atoms with Crippen LogP contribution in [-0.4, -0.2) is 11.8 Å². The number of fused-ring (bicyclic) bond motifs is 2. The first-order chi connectivity index (χ1) is 17.7. The summed E-state index contributed by atoms with van der Waals surface area (Å²) in [4.78, 5) is 26.9. The molecule has 1 fully saturated rings. The normalized spacial score (nSPS) is 18.7. The molecule has 0 spiro atoms. The fraction of sp³-hybridized carbons (Fsp3) is 0.152. The molecule has 0 heterocycles. The molecule has 3 atom stereocenters. The van der Waals surface area contributed by atoms with Gasteiger partial charge >= 0.3 is 5.97 Å². The summed E-state index contributed by atoms with van der Waals surface area (Å²) < 4.78 is 5.60. The molecule has 1 aliphatic rings. The van der Waals surface area contributed by atoms with E-state index in [1.165, 1.54) is 0 Å². The van der Waals surface area contributed by atoms with Crippen LogP contribution in [0.1, 0.15) is 33.8 Å². The van der Waals surface area contributed by atoms with E-state index in [1.54, 1.807) is 0 Å². The van der Waals surface area contributed by atoms with E-state index in [-0.39, 0.29) is 42.5 Å². The third-order valence-electron chi connectivity index (χ3n) is 7.35. The first kappa shape index (κ1) is 22.2. The van der Waals surface area contributed by atoms with E-state index < -0.39 is 0 Å². The Hall–Kier alpha value is -4.24. The summed E-state index contributed by atoms with van der Waals surface area (Å²) in [6.45, 7) is 0.243. The van der Waals surface area contributed by atoms with Crippen LogP contribution in [0.2, 0.25) is 0 Å². The Kier molecular flexibility index (Phi) is 5.82. The van der Waals surface area contributed by atoms with Crippen LogP contribution in [0.3, 0.4) is 0 Å². The summed E-state index contributed by atoms with van der Waals surface area (Å²) in [5.41, 5.74) is 2.81. The van der Waals surface area contributed by atoms with Gasteiger partial charge in [0.05, 0.1) is 0 Å². The third kappa shape index (κ3) is 4.18. The van der Waals surface area contributed by atoms with Gasteiger partial charge in [0.15, 0.2) is 5.78 Å². The lowest BCUT2D eigenvalue weighted by molar-refractivity contribution is -0.145. The minimum atomic E-state index is -0.262. The van der Waals surface area contributed by atoms with Crippen LogP contribution in [0, 0.1) is 11.8 Å². The zero-order valence-electron chi connectivity index (χ0n) is 19.8. The number of ketones is 1. The molecule has 0 bridgehead atoms. The van der Waals surface area contributed by atoms with E-state index in [2.05, 4.69) is 24.3 Å². The number of Topliss-reactive ketones (excluding diaryl/α,β-unsaturated/α-hetero) is 1. The molecule has 0 saturated heterocycles. The van der Waals surface area contributed by atoms with Crippen molar-refractivity contribution in [2.24, 2.45) is 11.8 Å². The molecule has 3 heteroatoms. The van der Waals surface area contributed by atoms with E-state index in [0.717, 1.165) is 38.2 Å². The number of esters is 1. The highest BCUT2D eigenvalue weighted by Crippen LogP contribution is 2.58. The summed E-state index contributed by atoms with van der Waals surface area (Å²) in [6.07, 6.45) is 0.224. The van der Waals surface area contributed by atoms with Gasteiger partial charge in [0.25, 0.3) is 0 Å². The van der Waals surface area contributed by atoms with Gasteiger partial charge in [-0.15, -0.1) is 0 Å². The SMILES string of the molecule is O=C(C[C@@H]1[C@@H](C(=O)c2cccc3ccccc23)[C@@H]1c1cccc2ccccc12)OCc1ccccc1. The highest BCUT2D eigenvalue weighted by atomic mass is 16.5. The van der Waals surface area contributed by atoms with Gasteiger partial charge in [-0.2, -0.15) is 0 Å². The van der Waals surface area contributed by atoms with Gasteiger partial charge in [0.2, 0.25) is 0 Å². The fourth-order valence-corrected chi connectivity index (χ4v) is 5.56. The zero-order valence-corrected chi connectivity index (χ0v) is 19.8. The maximum absolute atomic E-state index is 14.0. The number of hydrogen-bond donors (Lipinski definition) is 0. The van der Waals surface area contributed by atoms with Crippen LogP contribution in [-0.2, 0) is 16.1 Å². The molecule has 176 valence electrons. The highest BCUT2D eigenvalue weighted by molar-refractivity contribution is 6.11. The third-order valence-corrected chi connectivity index (χ3v) is 7.35. The molecule has 1 saturated carbocycles. The van der Waals surface area contributed by atoms with E-state index in [4.69, 9.17) is 4.74 Å². The maximum Gasteiger partial charge on any atom is 0.306 e. The molecule has 0 unspecified atom stereocenters. The summed E-state index contributed by atoms with van der Waals surface area (Å²) in [5.74, 6) is -0.531. The van der Waals surface area contributed by atoms with Gasteiger partial charge < -0.3 is 4.74 Å². The number of carbonyl (C=O) groups excluding carboxylic acids is 2. The minimum Gasteiger partial charge on any atom is -0.461 e. The Bertz CT molecular complexity index is 1560. The van der Waals surface area contributed by atoms with Crippen LogP contribution in [0.5, 0.6) is 0 Å². The molecular weight excluding hydrogens is 444 g/mol. The summed E-state index contributed by atoms with van der Waals surface area (Å²) in [6, 6.07) is 38.0. The molecule has 6 rings (SSSR count). The van der Waals surface area contributed by atoms with E-state index in [9.17, 15) is 9.59 Å². The van der Waals surface area contributed by atoms with Crippen molar-refractivity contribution >= 4 is 33.3 Å². The molecule has 1 aliphatic carbocycles. The molecule has 0 aliphatic heterocycles. The Labute approximate surface area is 210 Å². The van der Waals surface area contributed by atoms with Crippen LogP contribution < -0.4 is 0 Å². The van der Waals surface area contributed by atoms with Crippen molar-refractivity contribution in [2.45, 2.75) is 18.9 Å². The number of benzene rings is 5.